The first-order valence-electron chi connectivity index (χ1n) is 6.96. The average Bonchev–Trinajstić information content (AvgIpc) is 3.03. The van der Waals surface area contributed by atoms with E-state index in [0.29, 0.717) is 11.2 Å². The first-order valence-corrected chi connectivity index (χ1v) is 8.35. The maximum atomic E-state index is 12.4. The number of hydrogen-bond donors (Lipinski definition) is 0. The minimum absolute atomic E-state index is 0.266. The summed E-state index contributed by atoms with van der Waals surface area (Å²) in [6.45, 7) is 2.55. The molecule has 21 heavy (non-hydrogen) atoms. The number of imidazole rings is 1. The smallest absolute Gasteiger partial charge is 0.332 e. The molecule has 114 valence electrons. The Morgan fingerprint density at radius 2 is 1.95 bits per heavy atom. The molecule has 0 saturated carbocycles. The summed E-state index contributed by atoms with van der Waals surface area (Å²) in [7, 11) is 3.17. The maximum Gasteiger partial charge on any atom is 0.332 e. The van der Waals surface area contributed by atoms with Crippen molar-refractivity contribution in [2.75, 3.05) is 30.0 Å². The first-order chi connectivity index (χ1) is 10.1. The highest BCUT2D eigenvalue weighted by Gasteiger charge is 2.26. The molecule has 0 amide bonds. The van der Waals surface area contributed by atoms with Gasteiger partial charge in [-0.3, -0.25) is 13.9 Å². The minimum atomic E-state index is -0.335. The van der Waals surface area contributed by atoms with Crippen LogP contribution < -0.4 is 16.1 Å². The second kappa shape index (κ2) is 5.25. The molecular formula is C13H19N5O2S. The van der Waals surface area contributed by atoms with E-state index in [0.717, 1.165) is 42.3 Å². The van der Waals surface area contributed by atoms with Gasteiger partial charge in [0.05, 0.1) is 0 Å². The lowest BCUT2D eigenvalue weighted by atomic mass is 10.4. The van der Waals surface area contributed by atoms with Crippen LogP contribution in [0.3, 0.4) is 0 Å². The lowest BCUT2D eigenvalue weighted by Crippen LogP contribution is -2.37. The van der Waals surface area contributed by atoms with E-state index in [1.165, 1.54) is 11.6 Å². The zero-order valence-corrected chi connectivity index (χ0v) is 13.3. The van der Waals surface area contributed by atoms with E-state index in [2.05, 4.69) is 16.1 Å². The summed E-state index contributed by atoms with van der Waals surface area (Å²) in [5.41, 5.74) is 0.408. The Hall–Kier alpha value is -1.70. The van der Waals surface area contributed by atoms with Crippen molar-refractivity contribution in [2.45, 2.75) is 13.0 Å². The van der Waals surface area contributed by atoms with Gasteiger partial charge in [-0.2, -0.15) is 16.7 Å². The third-order valence-corrected chi connectivity index (χ3v) is 4.68. The molecule has 1 aliphatic heterocycles. The second-order valence-corrected chi connectivity index (χ2v) is 6.26. The van der Waals surface area contributed by atoms with Gasteiger partial charge in [-0.25, -0.2) is 4.79 Å². The van der Waals surface area contributed by atoms with Crippen molar-refractivity contribution in [1.29, 1.82) is 0 Å². The number of hydrogen-bond acceptors (Lipinski definition) is 5. The molecule has 0 unspecified atom stereocenters. The van der Waals surface area contributed by atoms with Crippen LogP contribution in [0.25, 0.3) is 11.2 Å². The molecule has 0 radical (unpaired) electrons. The van der Waals surface area contributed by atoms with Crippen LogP contribution in [0, 0.1) is 0 Å². The van der Waals surface area contributed by atoms with Gasteiger partial charge in [0.15, 0.2) is 11.2 Å². The minimum Gasteiger partial charge on any atom is -0.340 e. The number of rotatable bonds is 4. The van der Waals surface area contributed by atoms with Gasteiger partial charge in [0.25, 0.3) is 5.56 Å². The number of thioether (sulfide) groups is 1. The summed E-state index contributed by atoms with van der Waals surface area (Å²) < 4.78 is 4.53. The average molecular weight is 309 g/mol. The van der Waals surface area contributed by atoms with Gasteiger partial charge >= 0.3 is 5.69 Å². The van der Waals surface area contributed by atoms with E-state index in [1.54, 1.807) is 7.05 Å². The lowest BCUT2D eigenvalue weighted by Gasteiger charge is -2.14. The normalized spacial score (nSPS) is 14.1. The van der Waals surface area contributed by atoms with E-state index in [1.807, 2.05) is 16.3 Å². The molecule has 0 atom stereocenters. The molecule has 8 heteroatoms. The predicted molar refractivity (Wildman–Crippen MR) is 85.4 cm³/mol. The summed E-state index contributed by atoms with van der Waals surface area (Å²) in [5.74, 6) is 1.92. The maximum absolute atomic E-state index is 12.4. The Labute approximate surface area is 126 Å². The molecule has 2 aromatic heterocycles. The van der Waals surface area contributed by atoms with Gasteiger partial charge in [-0.15, -0.1) is 0 Å². The van der Waals surface area contributed by atoms with Crippen molar-refractivity contribution >= 4 is 28.9 Å². The molecule has 1 aliphatic rings. The lowest BCUT2D eigenvalue weighted by molar-refractivity contribution is 0.697. The fourth-order valence-corrected chi connectivity index (χ4v) is 3.24. The highest BCUT2D eigenvalue weighted by molar-refractivity contribution is 7.98. The van der Waals surface area contributed by atoms with Gasteiger partial charge in [0, 0.05) is 33.7 Å². The molecule has 0 spiro atoms. The summed E-state index contributed by atoms with van der Waals surface area (Å²) >= 11 is 1.83. The van der Waals surface area contributed by atoms with Crippen LogP contribution in [0.15, 0.2) is 9.59 Å². The summed E-state index contributed by atoms with van der Waals surface area (Å²) in [5, 5.41) is 0. The fourth-order valence-electron chi connectivity index (χ4n) is 2.82. The Bertz CT molecular complexity index is 803. The van der Waals surface area contributed by atoms with Crippen LogP contribution in [-0.4, -0.2) is 43.8 Å². The van der Waals surface area contributed by atoms with Crippen molar-refractivity contribution < 1.29 is 0 Å². The molecular weight excluding hydrogens is 290 g/mol. The molecule has 3 heterocycles. The fraction of sp³-hybridized carbons (Fsp3) is 0.615. The van der Waals surface area contributed by atoms with Gasteiger partial charge in [-0.05, 0) is 18.4 Å². The number of anilines is 1. The molecule has 7 nitrogen and oxygen atoms in total. The SMILES string of the molecule is CSCCCN1CCn2c1nc1c2c(=O)n(C)c(=O)n1C. The van der Waals surface area contributed by atoms with Crippen molar-refractivity contribution in [2.24, 2.45) is 14.1 Å². The molecule has 0 aromatic carbocycles. The molecule has 0 N–H and O–H groups in total. The predicted octanol–water partition coefficient (Wildman–Crippen LogP) is 0.00680. The Balaban J connectivity index is 2.12. The van der Waals surface area contributed by atoms with E-state index >= 15 is 0 Å². The largest absolute Gasteiger partial charge is 0.340 e. The van der Waals surface area contributed by atoms with E-state index in [-0.39, 0.29) is 11.2 Å². The van der Waals surface area contributed by atoms with Crippen LogP contribution in [0.5, 0.6) is 0 Å². The number of fused-ring (bicyclic) bond motifs is 3. The van der Waals surface area contributed by atoms with E-state index in [4.69, 9.17) is 0 Å². The molecule has 0 saturated heterocycles. The van der Waals surface area contributed by atoms with Crippen LogP contribution in [0.1, 0.15) is 6.42 Å². The number of aryl methyl sites for hydroxylation is 1. The van der Waals surface area contributed by atoms with Gasteiger partial charge in [0.1, 0.15) is 0 Å². The van der Waals surface area contributed by atoms with E-state index in [9.17, 15) is 9.59 Å². The number of nitrogens with zero attached hydrogens (tertiary/aromatic N) is 5. The summed E-state index contributed by atoms with van der Waals surface area (Å²) in [4.78, 5) is 31.1. The van der Waals surface area contributed by atoms with Crippen LogP contribution in [0.2, 0.25) is 0 Å². The molecule has 0 aliphatic carbocycles. The zero-order chi connectivity index (χ0) is 15.1. The van der Waals surface area contributed by atoms with Gasteiger partial charge < -0.3 is 9.47 Å². The van der Waals surface area contributed by atoms with Crippen LogP contribution >= 0.6 is 11.8 Å². The third-order valence-electron chi connectivity index (χ3n) is 3.98. The van der Waals surface area contributed by atoms with Crippen LogP contribution in [-0.2, 0) is 20.6 Å². The van der Waals surface area contributed by atoms with Crippen LogP contribution in [0.4, 0.5) is 5.95 Å². The van der Waals surface area contributed by atoms with Crippen molar-refractivity contribution in [1.82, 2.24) is 18.7 Å². The topological polar surface area (TPSA) is 65.1 Å². The Kier molecular flexibility index (Phi) is 3.56. The van der Waals surface area contributed by atoms with Crippen molar-refractivity contribution in [3.63, 3.8) is 0 Å². The highest BCUT2D eigenvalue weighted by atomic mass is 32.2. The zero-order valence-electron chi connectivity index (χ0n) is 12.5. The number of aromatic nitrogens is 4. The second-order valence-electron chi connectivity index (χ2n) is 5.27. The standard InChI is InChI=1S/C13H19N5O2S/c1-15-10-9(11(19)16(2)13(15)20)18-7-6-17(12(18)14-10)5-4-8-21-3/h4-8H2,1-3H3. The Morgan fingerprint density at radius 3 is 2.67 bits per heavy atom. The quantitative estimate of drug-likeness (QED) is 0.744. The molecule has 0 fully saturated rings. The summed E-state index contributed by atoms with van der Waals surface area (Å²) in [6, 6.07) is 0. The molecule has 2 aromatic rings. The van der Waals surface area contributed by atoms with Gasteiger partial charge in [-0.1, -0.05) is 0 Å². The molecule has 0 bridgehead atoms. The Morgan fingerprint density at radius 1 is 1.19 bits per heavy atom. The van der Waals surface area contributed by atoms with Crippen molar-refractivity contribution in [3.05, 3.63) is 20.8 Å². The highest BCUT2D eigenvalue weighted by Crippen LogP contribution is 2.24. The van der Waals surface area contributed by atoms with Gasteiger partial charge in [0.2, 0.25) is 5.95 Å². The first kappa shape index (κ1) is 14.2. The molecule has 3 rings (SSSR count). The monoisotopic (exact) mass is 309 g/mol. The summed E-state index contributed by atoms with van der Waals surface area (Å²) in [6.07, 6.45) is 3.18. The third kappa shape index (κ3) is 2.08. The van der Waals surface area contributed by atoms with E-state index < -0.39 is 0 Å². The van der Waals surface area contributed by atoms with Crippen molar-refractivity contribution in [3.8, 4) is 0 Å².